The smallest absolute Gasteiger partial charge is 0.264 e. The molecule has 0 saturated heterocycles. The number of anilines is 1. The summed E-state index contributed by atoms with van der Waals surface area (Å²) < 4.78 is 28.9. The van der Waals surface area contributed by atoms with Gasteiger partial charge in [-0.25, -0.2) is 8.42 Å². The summed E-state index contributed by atoms with van der Waals surface area (Å²) in [6.45, 7) is 5.96. The van der Waals surface area contributed by atoms with Crippen LogP contribution in [-0.2, 0) is 16.6 Å². The van der Waals surface area contributed by atoms with Gasteiger partial charge in [0.25, 0.3) is 15.9 Å². The van der Waals surface area contributed by atoms with Gasteiger partial charge in [-0.3, -0.25) is 9.10 Å². The SMILES string of the molecule is CCC[C@@H](C)NC(=O)c1ccccc1N(Cc1ccc(Cl)cc1)S(=O)(=O)c1ccc(C)cc1. The molecule has 0 spiro atoms. The molecule has 0 fully saturated rings. The van der Waals surface area contributed by atoms with Crippen molar-refractivity contribution in [1.29, 1.82) is 0 Å². The summed E-state index contributed by atoms with van der Waals surface area (Å²) in [6, 6.07) is 20.5. The Morgan fingerprint density at radius 1 is 1.00 bits per heavy atom. The summed E-state index contributed by atoms with van der Waals surface area (Å²) in [5.41, 5.74) is 2.35. The van der Waals surface area contributed by atoms with Crippen LogP contribution in [0.3, 0.4) is 0 Å². The van der Waals surface area contributed by atoms with Crippen LogP contribution in [0.25, 0.3) is 0 Å². The first-order chi connectivity index (χ1) is 15.7. The van der Waals surface area contributed by atoms with Crippen molar-refractivity contribution in [3.05, 3.63) is 94.5 Å². The Kier molecular flexibility index (Phi) is 8.16. The molecule has 0 aliphatic rings. The summed E-state index contributed by atoms with van der Waals surface area (Å²) in [6.07, 6.45) is 1.78. The molecule has 1 N–H and O–H groups in total. The summed E-state index contributed by atoms with van der Waals surface area (Å²) >= 11 is 6.02. The lowest BCUT2D eigenvalue weighted by molar-refractivity contribution is 0.0939. The zero-order valence-electron chi connectivity index (χ0n) is 19.1. The predicted molar refractivity (Wildman–Crippen MR) is 134 cm³/mol. The van der Waals surface area contributed by atoms with Crippen LogP contribution in [0.5, 0.6) is 0 Å². The minimum absolute atomic E-state index is 0.0195. The van der Waals surface area contributed by atoms with Gasteiger partial charge in [-0.2, -0.15) is 0 Å². The molecule has 3 aromatic carbocycles. The summed E-state index contributed by atoms with van der Waals surface area (Å²) in [5.74, 6) is -0.299. The van der Waals surface area contributed by atoms with Crippen LogP contribution in [-0.4, -0.2) is 20.4 Å². The number of nitrogens with one attached hydrogen (secondary N) is 1. The Hall–Kier alpha value is -2.83. The van der Waals surface area contributed by atoms with Crippen LogP contribution in [0, 0.1) is 6.92 Å². The number of carbonyl (C=O) groups is 1. The average Bonchev–Trinajstić information content (AvgIpc) is 2.79. The maximum atomic E-state index is 13.8. The average molecular weight is 485 g/mol. The molecule has 1 amide bonds. The van der Waals surface area contributed by atoms with Gasteiger partial charge in [0, 0.05) is 11.1 Å². The fraction of sp³-hybridized carbons (Fsp3) is 0.269. The van der Waals surface area contributed by atoms with Crippen molar-refractivity contribution in [2.24, 2.45) is 0 Å². The van der Waals surface area contributed by atoms with E-state index in [1.54, 1.807) is 72.8 Å². The number of hydrogen-bond acceptors (Lipinski definition) is 3. The molecule has 7 heteroatoms. The number of sulfonamides is 1. The molecule has 3 rings (SSSR count). The van der Waals surface area contributed by atoms with Gasteiger partial charge in [-0.1, -0.05) is 66.9 Å². The van der Waals surface area contributed by atoms with Crippen molar-refractivity contribution in [2.45, 2.75) is 51.1 Å². The molecular weight excluding hydrogens is 456 g/mol. The van der Waals surface area contributed by atoms with Gasteiger partial charge in [-0.05, 0) is 62.2 Å². The van der Waals surface area contributed by atoms with Gasteiger partial charge < -0.3 is 5.32 Å². The van der Waals surface area contributed by atoms with E-state index in [0.29, 0.717) is 16.3 Å². The van der Waals surface area contributed by atoms with Gasteiger partial charge in [-0.15, -0.1) is 0 Å². The normalized spacial score (nSPS) is 12.2. The maximum Gasteiger partial charge on any atom is 0.264 e. The van der Waals surface area contributed by atoms with Crippen molar-refractivity contribution in [2.75, 3.05) is 4.31 Å². The van der Waals surface area contributed by atoms with Crippen LogP contribution in [0.1, 0.15) is 48.2 Å². The number of amides is 1. The van der Waals surface area contributed by atoms with E-state index in [0.717, 1.165) is 24.0 Å². The van der Waals surface area contributed by atoms with Crippen LogP contribution >= 0.6 is 11.6 Å². The number of rotatable bonds is 9. The van der Waals surface area contributed by atoms with Crippen molar-refractivity contribution < 1.29 is 13.2 Å². The number of nitrogens with zero attached hydrogens (tertiary/aromatic N) is 1. The Balaban J connectivity index is 2.09. The third-order valence-corrected chi connectivity index (χ3v) is 7.39. The standard InChI is InChI=1S/C26H29ClN2O3S/c1-4-7-20(3)28-26(30)24-8-5-6-9-25(24)29(18-21-12-14-22(27)15-13-21)33(31,32)23-16-10-19(2)11-17-23/h5-6,8-17,20H,4,7,18H2,1-3H3,(H,28,30)/t20-/m1/s1. The summed E-state index contributed by atoms with van der Waals surface area (Å²) in [7, 11) is -3.95. The van der Waals surface area contributed by atoms with Crippen molar-refractivity contribution >= 4 is 33.2 Å². The third-order valence-electron chi connectivity index (χ3n) is 5.36. The van der Waals surface area contributed by atoms with Crippen molar-refractivity contribution in [3.8, 4) is 0 Å². The number of carbonyl (C=O) groups excluding carboxylic acids is 1. The first-order valence-corrected chi connectivity index (χ1v) is 12.8. The largest absolute Gasteiger partial charge is 0.350 e. The maximum absolute atomic E-state index is 13.8. The molecular formula is C26H29ClN2O3S. The predicted octanol–water partition coefficient (Wildman–Crippen LogP) is 5.96. The molecule has 0 aromatic heterocycles. The second kappa shape index (κ2) is 10.9. The molecule has 3 aromatic rings. The van der Waals surface area contributed by atoms with Crippen LogP contribution < -0.4 is 9.62 Å². The lowest BCUT2D eigenvalue weighted by atomic mass is 10.1. The molecule has 1 atom stereocenters. The van der Waals surface area contributed by atoms with E-state index < -0.39 is 10.0 Å². The molecule has 0 aliphatic carbocycles. The third kappa shape index (κ3) is 6.15. The van der Waals surface area contributed by atoms with E-state index in [1.807, 2.05) is 13.8 Å². The topological polar surface area (TPSA) is 66.5 Å². The van der Waals surface area contributed by atoms with Gasteiger partial charge in [0.15, 0.2) is 0 Å². The second-order valence-corrected chi connectivity index (χ2v) is 10.4. The highest BCUT2D eigenvalue weighted by molar-refractivity contribution is 7.92. The van der Waals surface area contributed by atoms with E-state index in [-0.39, 0.29) is 23.4 Å². The van der Waals surface area contributed by atoms with E-state index in [2.05, 4.69) is 12.2 Å². The van der Waals surface area contributed by atoms with Crippen LogP contribution in [0.2, 0.25) is 5.02 Å². The second-order valence-electron chi connectivity index (χ2n) is 8.13. The molecule has 0 saturated carbocycles. The van der Waals surface area contributed by atoms with E-state index in [9.17, 15) is 13.2 Å². The highest BCUT2D eigenvalue weighted by Crippen LogP contribution is 2.30. The highest BCUT2D eigenvalue weighted by atomic mass is 35.5. The molecule has 5 nitrogen and oxygen atoms in total. The molecule has 174 valence electrons. The van der Waals surface area contributed by atoms with Gasteiger partial charge in [0.1, 0.15) is 0 Å². The monoisotopic (exact) mass is 484 g/mol. The molecule has 0 radical (unpaired) electrons. The number of para-hydroxylation sites is 1. The molecule has 0 bridgehead atoms. The summed E-state index contributed by atoms with van der Waals surface area (Å²) in [4.78, 5) is 13.3. The van der Waals surface area contributed by atoms with Crippen LogP contribution in [0.15, 0.2) is 77.7 Å². The number of halogens is 1. The van der Waals surface area contributed by atoms with Gasteiger partial charge >= 0.3 is 0 Å². The zero-order valence-corrected chi connectivity index (χ0v) is 20.7. The molecule has 0 heterocycles. The number of aryl methyl sites for hydroxylation is 1. The summed E-state index contributed by atoms with van der Waals surface area (Å²) in [5, 5.41) is 3.55. The molecule has 0 aliphatic heterocycles. The number of hydrogen-bond donors (Lipinski definition) is 1. The Morgan fingerprint density at radius 3 is 2.27 bits per heavy atom. The quantitative estimate of drug-likeness (QED) is 0.407. The Bertz CT molecular complexity index is 1190. The van der Waals surface area contributed by atoms with Gasteiger partial charge in [0.2, 0.25) is 0 Å². The Labute approximate surface area is 201 Å². The van der Waals surface area contributed by atoms with E-state index in [4.69, 9.17) is 11.6 Å². The first kappa shape index (κ1) is 24.8. The van der Waals surface area contributed by atoms with Crippen molar-refractivity contribution in [3.63, 3.8) is 0 Å². The first-order valence-electron chi connectivity index (χ1n) is 11.0. The fourth-order valence-electron chi connectivity index (χ4n) is 3.58. The van der Waals surface area contributed by atoms with Crippen LogP contribution in [0.4, 0.5) is 5.69 Å². The zero-order chi connectivity index (χ0) is 24.0. The van der Waals surface area contributed by atoms with Crippen molar-refractivity contribution in [1.82, 2.24) is 5.32 Å². The van der Waals surface area contributed by atoms with Gasteiger partial charge in [0.05, 0.1) is 22.7 Å². The van der Waals surface area contributed by atoms with E-state index in [1.165, 1.54) is 4.31 Å². The minimum atomic E-state index is -3.95. The molecule has 33 heavy (non-hydrogen) atoms. The minimum Gasteiger partial charge on any atom is -0.350 e. The fourth-order valence-corrected chi connectivity index (χ4v) is 5.18. The lowest BCUT2D eigenvalue weighted by Gasteiger charge is -2.27. The lowest BCUT2D eigenvalue weighted by Crippen LogP contribution is -2.36. The molecule has 0 unspecified atom stereocenters. The Morgan fingerprint density at radius 2 is 1.64 bits per heavy atom. The van der Waals surface area contributed by atoms with E-state index >= 15 is 0 Å². The number of benzene rings is 3. The highest BCUT2D eigenvalue weighted by Gasteiger charge is 2.29.